The van der Waals surface area contributed by atoms with Crippen LogP contribution in [0.1, 0.15) is 33.0 Å². The van der Waals surface area contributed by atoms with Crippen LogP contribution in [-0.2, 0) is 13.0 Å². The molecule has 0 atom stereocenters. The van der Waals surface area contributed by atoms with Crippen LogP contribution in [0, 0.1) is 18.3 Å². The fourth-order valence-corrected chi connectivity index (χ4v) is 2.48. The Morgan fingerprint density at radius 3 is 3.04 bits per heavy atom. The van der Waals surface area contributed by atoms with Gasteiger partial charge in [0.15, 0.2) is 0 Å². The number of nitrogens with two attached hydrogens (primary N) is 1. The lowest BCUT2D eigenvalue weighted by molar-refractivity contribution is 0.0954. The number of nitrogens with zero attached hydrogens (tertiary/aromatic N) is 6. The van der Waals surface area contributed by atoms with Gasteiger partial charge in [-0.05, 0) is 25.1 Å². The third kappa shape index (κ3) is 4.64. The number of hydrogen-bond donors (Lipinski definition) is 2. The molecule has 0 aliphatic rings. The van der Waals surface area contributed by atoms with Crippen LogP contribution in [0.3, 0.4) is 0 Å². The number of aryl methyl sites for hydroxylation is 1. The highest BCUT2D eigenvalue weighted by Gasteiger charge is 2.08. The molecule has 0 unspecified atom stereocenters. The van der Waals surface area contributed by atoms with Crippen LogP contribution in [0.25, 0.3) is 0 Å². The van der Waals surface area contributed by atoms with Gasteiger partial charge in [0, 0.05) is 36.5 Å². The Bertz CT molecular complexity index is 1000. The van der Waals surface area contributed by atoms with E-state index >= 15 is 0 Å². The van der Waals surface area contributed by atoms with Crippen molar-refractivity contribution in [1.82, 2.24) is 30.3 Å². The van der Waals surface area contributed by atoms with E-state index in [-0.39, 0.29) is 5.91 Å². The van der Waals surface area contributed by atoms with E-state index < -0.39 is 0 Å². The summed E-state index contributed by atoms with van der Waals surface area (Å²) in [5, 5.41) is 19.9. The molecule has 27 heavy (non-hydrogen) atoms. The zero-order valence-corrected chi connectivity index (χ0v) is 14.8. The van der Waals surface area contributed by atoms with Crippen molar-refractivity contribution in [3.63, 3.8) is 0 Å². The Balaban J connectivity index is 1.53. The Morgan fingerprint density at radius 2 is 2.26 bits per heavy atom. The molecule has 3 rings (SSSR count). The number of rotatable bonds is 6. The van der Waals surface area contributed by atoms with Crippen LogP contribution in [0.2, 0.25) is 0 Å². The fourth-order valence-electron chi connectivity index (χ4n) is 2.48. The minimum absolute atomic E-state index is 0.232. The molecule has 2 aromatic heterocycles. The summed E-state index contributed by atoms with van der Waals surface area (Å²) in [6, 6.07) is 8.57. The summed E-state index contributed by atoms with van der Waals surface area (Å²) in [7, 11) is 0. The number of carbonyl (C=O) groups excluding carboxylic acids is 1. The zero-order valence-electron chi connectivity index (χ0n) is 14.8. The van der Waals surface area contributed by atoms with Crippen LogP contribution in [0.5, 0.6) is 0 Å². The lowest BCUT2D eigenvalue weighted by atomic mass is 10.1. The quantitative estimate of drug-likeness (QED) is 0.663. The van der Waals surface area contributed by atoms with Gasteiger partial charge in [-0.25, -0.2) is 14.6 Å². The van der Waals surface area contributed by atoms with Gasteiger partial charge in [-0.15, -0.1) is 5.10 Å². The molecular weight excluding hydrogens is 344 g/mol. The van der Waals surface area contributed by atoms with Crippen LogP contribution in [0.15, 0.2) is 36.7 Å². The minimum Gasteiger partial charge on any atom is -0.383 e. The van der Waals surface area contributed by atoms with Crippen molar-refractivity contribution in [2.45, 2.75) is 19.9 Å². The number of aromatic nitrogens is 5. The summed E-state index contributed by atoms with van der Waals surface area (Å²) in [6.07, 6.45) is 4.00. The number of nitrogens with one attached hydrogen (secondary N) is 1. The van der Waals surface area contributed by atoms with Gasteiger partial charge in [0.25, 0.3) is 5.91 Å². The van der Waals surface area contributed by atoms with Crippen molar-refractivity contribution in [2.75, 3.05) is 12.3 Å². The Morgan fingerprint density at radius 1 is 1.41 bits per heavy atom. The van der Waals surface area contributed by atoms with E-state index in [2.05, 4.69) is 25.6 Å². The second-order valence-electron chi connectivity index (χ2n) is 5.93. The number of amides is 1. The van der Waals surface area contributed by atoms with Crippen LogP contribution < -0.4 is 11.1 Å². The molecule has 9 nitrogen and oxygen atoms in total. The highest BCUT2D eigenvalue weighted by molar-refractivity contribution is 5.94. The molecule has 0 saturated carbocycles. The van der Waals surface area contributed by atoms with Gasteiger partial charge < -0.3 is 11.1 Å². The minimum atomic E-state index is -0.232. The van der Waals surface area contributed by atoms with Gasteiger partial charge >= 0.3 is 0 Å². The van der Waals surface area contributed by atoms with Crippen molar-refractivity contribution < 1.29 is 4.79 Å². The van der Waals surface area contributed by atoms with Crippen LogP contribution >= 0.6 is 0 Å². The second-order valence-corrected chi connectivity index (χ2v) is 5.93. The number of anilines is 1. The van der Waals surface area contributed by atoms with E-state index in [4.69, 9.17) is 11.0 Å². The van der Waals surface area contributed by atoms with Crippen molar-refractivity contribution >= 4 is 11.7 Å². The van der Waals surface area contributed by atoms with E-state index in [9.17, 15) is 4.79 Å². The molecule has 3 aromatic rings. The molecular formula is C18H18N8O. The van der Waals surface area contributed by atoms with Gasteiger partial charge in [0.2, 0.25) is 0 Å². The van der Waals surface area contributed by atoms with E-state index in [1.54, 1.807) is 48.3 Å². The van der Waals surface area contributed by atoms with Gasteiger partial charge in [0.05, 0.1) is 23.9 Å². The van der Waals surface area contributed by atoms with E-state index in [1.807, 2.05) is 6.07 Å². The predicted molar refractivity (Wildman–Crippen MR) is 97.5 cm³/mol. The average molecular weight is 362 g/mol. The molecule has 0 spiro atoms. The number of benzene rings is 1. The first-order valence-corrected chi connectivity index (χ1v) is 8.30. The number of nitrogen functional groups attached to an aromatic ring is 1. The molecule has 9 heteroatoms. The summed E-state index contributed by atoms with van der Waals surface area (Å²) < 4.78 is 1.65. The first-order valence-electron chi connectivity index (χ1n) is 8.30. The maximum atomic E-state index is 12.1. The molecule has 1 amide bonds. The lowest BCUT2D eigenvalue weighted by Crippen LogP contribution is -2.25. The van der Waals surface area contributed by atoms with Crippen molar-refractivity contribution in [2.24, 2.45) is 0 Å². The largest absolute Gasteiger partial charge is 0.383 e. The maximum absolute atomic E-state index is 12.1. The lowest BCUT2D eigenvalue weighted by Gasteiger charge is -2.04. The maximum Gasteiger partial charge on any atom is 0.251 e. The smallest absolute Gasteiger partial charge is 0.251 e. The molecule has 0 fully saturated rings. The van der Waals surface area contributed by atoms with Crippen LogP contribution in [-0.4, -0.2) is 37.4 Å². The summed E-state index contributed by atoms with van der Waals surface area (Å²) >= 11 is 0. The van der Waals surface area contributed by atoms with Crippen molar-refractivity contribution in [3.05, 3.63) is 64.9 Å². The van der Waals surface area contributed by atoms with Crippen molar-refractivity contribution in [3.8, 4) is 6.07 Å². The number of nitriles is 1. The van der Waals surface area contributed by atoms with Crippen molar-refractivity contribution in [1.29, 1.82) is 5.26 Å². The zero-order chi connectivity index (χ0) is 19.2. The van der Waals surface area contributed by atoms with Gasteiger partial charge in [-0.2, -0.15) is 5.26 Å². The SMILES string of the molecule is Cc1ncc(Cn2cc(CCNC(=O)c3cccc(C#N)c3)nn2)c(N)n1. The highest BCUT2D eigenvalue weighted by atomic mass is 16.1. The summed E-state index contributed by atoms with van der Waals surface area (Å²) in [4.78, 5) is 20.4. The van der Waals surface area contributed by atoms with Gasteiger partial charge in [0.1, 0.15) is 11.6 Å². The number of carbonyl (C=O) groups is 1. The Kier molecular flexibility index (Phi) is 5.37. The molecule has 0 bridgehead atoms. The third-order valence-electron chi connectivity index (χ3n) is 3.86. The predicted octanol–water partition coefficient (Wildman–Crippen LogP) is 0.851. The average Bonchev–Trinajstić information content (AvgIpc) is 3.11. The first kappa shape index (κ1) is 18.0. The molecule has 1 aromatic carbocycles. The monoisotopic (exact) mass is 362 g/mol. The first-order chi connectivity index (χ1) is 13.0. The van der Waals surface area contributed by atoms with Gasteiger partial charge in [-0.3, -0.25) is 4.79 Å². The molecule has 0 aliphatic heterocycles. The normalized spacial score (nSPS) is 10.4. The van der Waals surface area contributed by atoms with E-state index in [1.165, 1.54) is 0 Å². The second kappa shape index (κ2) is 8.05. The van der Waals surface area contributed by atoms with Gasteiger partial charge in [-0.1, -0.05) is 11.3 Å². The Hall–Kier alpha value is -3.80. The van der Waals surface area contributed by atoms with Crippen LogP contribution in [0.4, 0.5) is 5.82 Å². The molecule has 0 saturated heterocycles. The molecule has 0 radical (unpaired) electrons. The van der Waals surface area contributed by atoms with E-state index in [0.717, 1.165) is 11.3 Å². The third-order valence-corrected chi connectivity index (χ3v) is 3.86. The summed E-state index contributed by atoms with van der Waals surface area (Å²) in [5.74, 6) is 0.807. The molecule has 3 N–H and O–H groups in total. The Labute approximate surface area is 155 Å². The summed E-state index contributed by atoms with van der Waals surface area (Å²) in [6.45, 7) is 2.61. The fraction of sp³-hybridized carbons (Fsp3) is 0.222. The topological polar surface area (TPSA) is 135 Å². The van der Waals surface area contributed by atoms with E-state index in [0.29, 0.717) is 42.3 Å². The molecule has 0 aliphatic carbocycles. The standard InChI is InChI=1S/C18H18N8O/c1-12-22-9-15(17(20)23-12)10-26-11-16(24-25-26)5-6-21-18(27)14-4-2-3-13(7-14)8-19/h2-4,7,9,11H,5-6,10H2,1H3,(H,21,27)(H2,20,22,23). The molecule has 2 heterocycles. The molecule has 136 valence electrons. The highest BCUT2D eigenvalue weighted by Crippen LogP contribution is 2.09. The summed E-state index contributed by atoms with van der Waals surface area (Å²) in [5.41, 5.74) is 8.30. The number of hydrogen-bond acceptors (Lipinski definition) is 7.